The van der Waals surface area contributed by atoms with E-state index in [1.54, 1.807) is 6.07 Å². The van der Waals surface area contributed by atoms with E-state index in [4.69, 9.17) is 23.2 Å². The first kappa shape index (κ1) is 9.78. The van der Waals surface area contributed by atoms with Crippen LogP contribution in [0.5, 0.6) is 0 Å². The molecule has 0 saturated carbocycles. The molecule has 2 rings (SSSR count). The maximum absolute atomic E-state index is 9.77. The summed E-state index contributed by atoms with van der Waals surface area (Å²) in [5.41, 5.74) is 1.85. The molecule has 1 aliphatic rings. The van der Waals surface area contributed by atoms with Gasteiger partial charge in [0.25, 0.3) is 0 Å². The number of benzene rings is 1. The molecule has 0 aromatic heterocycles. The van der Waals surface area contributed by atoms with Crippen molar-refractivity contribution in [1.29, 1.82) is 0 Å². The zero-order valence-electron chi connectivity index (χ0n) is 6.60. The quantitative estimate of drug-likeness (QED) is 0.723. The molecule has 0 aliphatic heterocycles. The van der Waals surface area contributed by atoms with Crippen molar-refractivity contribution >= 4 is 39.1 Å². The van der Waals surface area contributed by atoms with Crippen molar-refractivity contribution in [3.8, 4) is 0 Å². The third kappa shape index (κ3) is 1.50. The Bertz CT molecular complexity index is 354. The Hall–Kier alpha value is 0.240. The van der Waals surface area contributed by atoms with E-state index in [1.807, 2.05) is 6.07 Å². The molecule has 0 heterocycles. The van der Waals surface area contributed by atoms with Gasteiger partial charge < -0.3 is 5.11 Å². The van der Waals surface area contributed by atoms with Crippen LogP contribution >= 0.6 is 39.1 Å². The fraction of sp³-hybridized carbons (Fsp3) is 0.333. The molecule has 0 radical (unpaired) electrons. The van der Waals surface area contributed by atoms with E-state index in [9.17, 15) is 5.11 Å². The molecule has 2 atom stereocenters. The lowest BCUT2D eigenvalue weighted by atomic mass is 10.1. The van der Waals surface area contributed by atoms with Gasteiger partial charge in [-0.15, -0.1) is 0 Å². The predicted molar refractivity (Wildman–Crippen MR) is 57.8 cm³/mol. The van der Waals surface area contributed by atoms with Crippen molar-refractivity contribution in [2.45, 2.75) is 17.4 Å². The summed E-state index contributed by atoms with van der Waals surface area (Å²) in [5.74, 6) is 0. The van der Waals surface area contributed by atoms with Gasteiger partial charge in [-0.25, -0.2) is 0 Å². The van der Waals surface area contributed by atoms with Crippen LogP contribution in [-0.4, -0.2) is 9.93 Å². The highest BCUT2D eigenvalue weighted by molar-refractivity contribution is 9.09. The topological polar surface area (TPSA) is 20.2 Å². The molecule has 1 N–H and O–H groups in total. The fourth-order valence-corrected chi connectivity index (χ4v) is 2.68. The molecule has 1 nitrogen and oxygen atoms in total. The van der Waals surface area contributed by atoms with Gasteiger partial charge in [-0.3, -0.25) is 0 Å². The van der Waals surface area contributed by atoms with Crippen molar-refractivity contribution in [2.24, 2.45) is 0 Å². The number of rotatable bonds is 0. The molecule has 0 fully saturated rings. The molecule has 1 aromatic carbocycles. The molecule has 2 unspecified atom stereocenters. The first-order valence-electron chi connectivity index (χ1n) is 3.90. The molecule has 13 heavy (non-hydrogen) atoms. The van der Waals surface area contributed by atoms with Crippen molar-refractivity contribution < 1.29 is 5.11 Å². The molecule has 0 bridgehead atoms. The minimum absolute atomic E-state index is 0.0541. The molecule has 4 heteroatoms. The average Bonchev–Trinajstić information content (AvgIpc) is 2.37. The normalized spacial score (nSPS) is 26.2. The lowest BCUT2D eigenvalue weighted by Gasteiger charge is -2.09. The van der Waals surface area contributed by atoms with Crippen LogP contribution in [0.3, 0.4) is 0 Å². The van der Waals surface area contributed by atoms with Crippen molar-refractivity contribution in [3.63, 3.8) is 0 Å². The summed E-state index contributed by atoms with van der Waals surface area (Å²) in [6, 6.07) is 3.68. The SMILES string of the molecule is OC1c2c(ccc(Cl)c2Cl)CC1Br. The molecule has 0 saturated heterocycles. The van der Waals surface area contributed by atoms with Gasteiger partial charge in [-0.05, 0) is 18.1 Å². The van der Waals surface area contributed by atoms with Crippen LogP contribution in [0.25, 0.3) is 0 Å². The molecule has 0 amide bonds. The summed E-state index contributed by atoms with van der Waals surface area (Å²) in [6.45, 7) is 0. The standard InChI is InChI=1S/C9H7BrCl2O/c10-5-3-4-1-2-6(11)8(12)7(4)9(5)13/h1-2,5,9,13H,3H2. The van der Waals surface area contributed by atoms with E-state index < -0.39 is 6.10 Å². The zero-order chi connectivity index (χ0) is 9.59. The molecule has 0 spiro atoms. The van der Waals surface area contributed by atoms with Gasteiger partial charge >= 0.3 is 0 Å². The first-order chi connectivity index (χ1) is 6.11. The Morgan fingerprint density at radius 1 is 1.38 bits per heavy atom. The predicted octanol–water partition coefficient (Wildman–Crippen LogP) is 3.35. The summed E-state index contributed by atoms with van der Waals surface area (Å²) in [4.78, 5) is 0.0541. The zero-order valence-corrected chi connectivity index (χ0v) is 9.70. The highest BCUT2D eigenvalue weighted by Crippen LogP contribution is 2.42. The summed E-state index contributed by atoms with van der Waals surface area (Å²) in [7, 11) is 0. The van der Waals surface area contributed by atoms with E-state index in [2.05, 4.69) is 15.9 Å². The third-order valence-electron chi connectivity index (χ3n) is 2.28. The van der Waals surface area contributed by atoms with Crippen LogP contribution in [-0.2, 0) is 6.42 Å². The lowest BCUT2D eigenvalue weighted by Crippen LogP contribution is -2.04. The van der Waals surface area contributed by atoms with E-state index in [1.165, 1.54) is 0 Å². The minimum Gasteiger partial charge on any atom is -0.387 e. The monoisotopic (exact) mass is 280 g/mol. The number of hydrogen-bond donors (Lipinski definition) is 1. The Morgan fingerprint density at radius 3 is 2.77 bits per heavy atom. The summed E-state index contributed by atoms with van der Waals surface area (Å²) in [5, 5.41) is 10.7. The number of halogens is 3. The molecular formula is C9H7BrCl2O. The van der Waals surface area contributed by atoms with Crippen molar-refractivity contribution in [1.82, 2.24) is 0 Å². The second-order valence-electron chi connectivity index (χ2n) is 3.10. The van der Waals surface area contributed by atoms with E-state index in [0.717, 1.165) is 17.5 Å². The van der Waals surface area contributed by atoms with Crippen LogP contribution in [0.4, 0.5) is 0 Å². The van der Waals surface area contributed by atoms with Gasteiger partial charge in [-0.1, -0.05) is 45.2 Å². The van der Waals surface area contributed by atoms with Gasteiger partial charge in [0.2, 0.25) is 0 Å². The van der Waals surface area contributed by atoms with Crippen LogP contribution in [0, 0.1) is 0 Å². The molecule has 1 aliphatic carbocycles. The first-order valence-corrected chi connectivity index (χ1v) is 5.57. The Morgan fingerprint density at radius 2 is 2.08 bits per heavy atom. The van der Waals surface area contributed by atoms with Gasteiger partial charge in [0.15, 0.2) is 0 Å². The second kappa shape index (κ2) is 3.43. The van der Waals surface area contributed by atoms with Crippen LogP contribution in [0.2, 0.25) is 10.0 Å². The number of aliphatic hydroxyl groups excluding tert-OH is 1. The number of alkyl halides is 1. The minimum atomic E-state index is -0.541. The largest absolute Gasteiger partial charge is 0.387 e. The average molecular weight is 282 g/mol. The molecule has 70 valence electrons. The van der Waals surface area contributed by atoms with Gasteiger partial charge in [0, 0.05) is 10.4 Å². The number of fused-ring (bicyclic) bond motifs is 1. The third-order valence-corrected chi connectivity index (χ3v) is 3.92. The van der Waals surface area contributed by atoms with Gasteiger partial charge in [-0.2, -0.15) is 0 Å². The maximum Gasteiger partial charge on any atom is 0.0935 e. The smallest absolute Gasteiger partial charge is 0.0935 e. The second-order valence-corrected chi connectivity index (χ2v) is 5.06. The Labute approximate surface area is 94.8 Å². The highest BCUT2D eigenvalue weighted by Gasteiger charge is 2.31. The van der Waals surface area contributed by atoms with Gasteiger partial charge in [0.05, 0.1) is 16.1 Å². The van der Waals surface area contributed by atoms with Crippen molar-refractivity contribution in [3.05, 3.63) is 33.3 Å². The molecule has 1 aromatic rings. The highest BCUT2D eigenvalue weighted by atomic mass is 79.9. The fourth-order valence-electron chi connectivity index (χ4n) is 1.61. The Balaban J connectivity index is 2.59. The van der Waals surface area contributed by atoms with Crippen LogP contribution in [0.1, 0.15) is 17.2 Å². The van der Waals surface area contributed by atoms with Crippen molar-refractivity contribution in [2.75, 3.05) is 0 Å². The molecular weight excluding hydrogens is 275 g/mol. The van der Waals surface area contributed by atoms with E-state index in [-0.39, 0.29) is 4.83 Å². The van der Waals surface area contributed by atoms with Crippen LogP contribution < -0.4 is 0 Å². The number of aliphatic hydroxyl groups is 1. The van der Waals surface area contributed by atoms with Crippen LogP contribution in [0.15, 0.2) is 12.1 Å². The van der Waals surface area contributed by atoms with E-state index >= 15 is 0 Å². The number of hydrogen-bond acceptors (Lipinski definition) is 1. The summed E-state index contributed by atoms with van der Waals surface area (Å²) >= 11 is 15.2. The maximum atomic E-state index is 9.77. The van der Waals surface area contributed by atoms with Gasteiger partial charge in [0.1, 0.15) is 0 Å². The summed E-state index contributed by atoms with van der Waals surface area (Å²) < 4.78 is 0. The summed E-state index contributed by atoms with van der Waals surface area (Å²) in [6.07, 6.45) is 0.258. The van der Waals surface area contributed by atoms with E-state index in [0.29, 0.717) is 10.0 Å². The lowest BCUT2D eigenvalue weighted by molar-refractivity contribution is 0.188. The Kier molecular flexibility index (Phi) is 2.58.